The highest BCUT2D eigenvalue weighted by atomic mass is 16.6. The van der Waals surface area contributed by atoms with Crippen molar-refractivity contribution in [3.05, 3.63) is 96.6 Å². The van der Waals surface area contributed by atoms with Gasteiger partial charge < -0.3 is 24.3 Å². The van der Waals surface area contributed by atoms with Crippen LogP contribution in [0.2, 0.25) is 0 Å². The lowest BCUT2D eigenvalue weighted by Gasteiger charge is -2.43. The minimum Gasteiger partial charge on any atom is -0.443 e. The summed E-state index contributed by atoms with van der Waals surface area (Å²) < 4.78 is 24.8. The van der Waals surface area contributed by atoms with E-state index in [1.165, 1.54) is 5.57 Å². The first-order valence-corrected chi connectivity index (χ1v) is 16.0. The van der Waals surface area contributed by atoms with E-state index in [-0.39, 0.29) is 17.6 Å². The molecule has 238 valence electrons. The van der Waals surface area contributed by atoms with Gasteiger partial charge in [-0.2, -0.15) is 4.90 Å². The molecule has 1 N–H and O–H groups in total. The average molecular weight is 621 g/mol. The molecule has 1 saturated carbocycles. The van der Waals surface area contributed by atoms with Gasteiger partial charge in [0.15, 0.2) is 0 Å². The Morgan fingerprint density at radius 2 is 1.61 bits per heavy atom. The molecule has 1 aliphatic carbocycles. The SMILES string of the molecule is COC1C(OC(=O)N(C(=O)Nc2cccc3ccccc23)c2cccc3ccccc23)CCC2(CO2)C1C1(C)OC1CC=C(C)C. The van der Waals surface area contributed by atoms with E-state index in [0.717, 1.165) is 32.9 Å². The standard InChI is InChI=1S/C38H40N2O6/c1-24(2)19-20-32-37(3,46-32)34-33(43-4)31(21-22-38(34)23-44-38)45-36(42)40(30-18-10-14-26-12-6-8-16-28(26)30)35(41)39-29-17-9-13-25-11-5-7-15-27(25)29/h5-19,31-34H,20-23H2,1-4H3,(H,39,41). The van der Waals surface area contributed by atoms with E-state index in [2.05, 4.69) is 32.2 Å². The third kappa shape index (κ3) is 5.44. The largest absolute Gasteiger partial charge is 0.443 e. The third-order valence-corrected chi connectivity index (χ3v) is 9.91. The fraction of sp³-hybridized carbons (Fsp3) is 0.368. The number of epoxide rings is 2. The van der Waals surface area contributed by atoms with Gasteiger partial charge in [-0.25, -0.2) is 9.59 Å². The summed E-state index contributed by atoms with van der Waals surface area (Å²) in [5.74, 6) is -0.136. The molecular weight excluding hydrogens is 580 g/mol. The van der Waals surface area contributed by atoms with Gasteiger partial charge in [-0.15, -0.1) is 0 Å². The summed E-state index contributed by atoms with van der Waals surface area (Å²) in [6.45, 7) is 6.90. The van der Waals surface area contributed by atoms with Crippen LogP contribution in [-0.4, -0.2) is 55.4 Å². The van der Waals surface area contributed by atoms with Crippen molar-refractivity contribution in [3.8, 4) is 0 Å². The number of anilines is 2. The minimum absolute atomic E-state index is 0.0271. The topological polar surface area (TPSA) is 92.9 Å². The number of ether oxygens (including phenoxy) is 4. The Balaban J connectivity index is 1.20. The molecule has 4 aromatic rings. The first kappa shape index (κ1) is 30.4. The molecule has 3 fully saturated rings. The van der Waals surface area contributed by atoms with Crippen LogP contribution in [0.25, 0.3) is 21.5 Å². The average Bonchev–Trinajstić information content (AvgIpc) is 3.97. The van der Waals surface area contributed by atoms with Crippen molar-refractivity contribution in [2.45, 2.75) is 69.5 Å². The van der Waals surface area contributed by atoms with Gasteiger partial charge >= 0.3 is 12.1 Å². The summed E-state index contributed by atoms with van der Waals surface area (Å²) in [6.07, 6.45) is 2.42. The Morgan fingerprint density at radius 1 is 0.957 bits per heavy atom. The monoisotopic (exact) mass is 620 g/mol. The van der Waals surface area contributed by atoms with Crippen LogP contribution < -0.4 is 10.2 Å². The van der Waals surface area contributed by atoms with Crippen LogP contribution in [0.3, 0.4) is 0 Å². The number of nitrogens with zero attached hydrogens (tertiary/aromatic N) is 1. The molecule has 8 nitrogen and oxygen atoms in total. The number of carbonyl (C=O) groups is 2. The van der Waals surface area contributed by atoms with Crippen LogP contribution in [-0.2, 0) is 18.9 Å². The van der Waals surface area contributed by atoms with E-state index in [1.54, 1.807) is 13.2 Å². The maximum absolute atomic E-state index is 14.3. The summed E-state index contributed by atoms with van der Waals surface area (Å²) in [5.41, 5.74) is 1.43. The van der Waals surface area contributed by atoms with E-state index in [0.29, 0.717) is 30.8 Å². The van der Waals surface area contributed by atoms with E-state index < -0.39 is 29.9 Å². The summed E-state index contributed by atoms with van der Waals surface area (Å²) in [4.78, 5) is 29.6. The normalized spacial score (nSPS) is 28.1. The van der Waals surface area contributed by atoms with Crippen molar-refractivity contribution < 1.29 is 28.5 Å². The number of carbonyl (C=O) groups excluding carboxylic acids is 2. The van der Waals surface area contributed by atoms with Gasteiger partial charge in [0, 0.05) is 17.9 Å². The number of methoxy groups -OCH3 is 1. The molecular formula is C38H40N2O6. The molecule has 3 amide bonds. The molecule has 6 unspecified atom stereocenters. The third-order valence-electron chi connectivity index (χ3n) is 9.91. The fourth-order valence-electron chi connectivity index (χ4n) is 7.45. The van der Waals surface area contributed by atoms with Gasteiger partial charge in [0.1, 0.15) is 23.4 Å². The lowest BCUT2D eigenvalue weighted by molar-refractivity contribution is -0.116. The second kappa shape index (κ2) is 11.8. The molecule has 2 heterocycles. The predicted molar refractivity (Wildman–Crippen MR) is 179 cm³/mol. The van der Waals surface area contributed by atoms with Gasteiger partial charge in [-0.05, 0) is 62.9 Å². The molecule has 0 bridgehead atoms. The Bertz CT molecular complexity index is 1820. The molecule has 7 rings (SSSR count). The van der Waals surface area contributed by atoms with E-state index in [1.807, 2.05) is 78.9 Å². The zero-order valence-electron chi connectivity index (χ0n) is 26.7. The van der Waals surface area contributed by atoms with Gasteiger partial charge in [-0.1, -0.05) is 84.4 Å². The van der Waals surface area contributed by atoms with Crippen LogP contribution in [0.5, 0.6) is 0 Å². The van der Waals surface area contributed by atoms with E-state index in [4.69, 9.17) is 18.9 Å². The van der Waals surface area contributed by atoms with Crippen LogP contribution in [0.1, 0.15) is 40.0 Å². The number of hydrogen-bond acceptors (Lipinski definition) is 6. The van der Waals surface area contributed by atoms with Crippen molar-refractivity contribution >= 4 is 45.0 Å². The summed E-state index contributed by atoms with van der Waals surface area (Å²) in [5, 5.41) is 6.50. The van der Waals surface area contributed by atoms with Gasteiger partial charge in [0.2, 0.25) is 0 Å². The Hall–Kier alpha value is -4.24. The second-order valence-electron chi connectivity index (χ2n) is 13.1. The van der Waals surface area contributed by atoms with Gasteiger partial charge in [0.05, 0.1) is 30.0 Å². The van der Waals surface area contributed by atoms with Crippen LogP contribution in [0.4, 0.5) is 21.0 Å². The molecule has 0 aromatic heterocycles. The van der Waals surface area contributed by atoms with Crippen molar-refractivity contribution in [1.82, 2.24) is 0 Å². The summed E-state index contributed by atoms with van der Waals surface area (Å²) in [6, 6.07) is 26.1. The molecule has 0 radical (unpaired) electrons. The second-order valence-corrected chi connectivity index (χ2v) is 13.1. The smallest absolute Gasteiger partial charge is 0.423 e. The molecule has 46 heavy (non-hydrogen) atoms. The first-order chi connectivity index (χ1) is 22.2. The van der Waals surface area contributed by atoms with Crippen LogP contribution in [0, 0.1) is 5.92 Å². The molecule has 2 aliphatic heterocycles. The summed E-state index contributed by atoms with van der Waals surface area (Å²) >= 11 is 0. The molecule has 4 aromatic carbocycles. The van der Waals surface area contributed by atoms with Gasteiger partial charge in [-0.3, -0.25) is 0 Å². The number of rotatable bonds is 7. The number of urea groups is 1. The molecule has 1 spiro atoms. The zero-order chi connectivity index (χ0) is 32.1. The lowest BCUT2D eigenvalue weighted by Crippen LogP contribution is -2.56. The Labute approximate surface area is 269 Å². The van der Waals surface area contributed by atoms with Crippen LogP contribution in [0.15, 0.2) is 96.6 Å². The molecule has 3 aliphatic rings. The highest BCUT2D eigenvalue weighted by molar-refractivity contribution is 6.21. The highest BCUT2D eigenvalue weighted by Crippen LogP contribution is 2.59. The number of allylic oxidation sites excluding steroid dienone is 1. The number of amides is 3. The number of fused-ring (bicyclic) bond motifs is 2. The lowest BCUT2D eigenvalue weighted by atomic mass is 9.68. The van der Waals surface area contributed by atoms with Crippen molar-refractivity contribution in [1.29, 1.82) is 0 Å². The number of benzene rings is 4. The zero-order valence-corrected chi connectivity index (χ0v) is 26.7. The highest BCUT2D eigenvalue weighted by Gasteiger charge is 2.72. The van der Waals surface area contributed by atoms with Crippen molar-refractivity contribution in [3.63, 3.8) is 0 Å². The van der Waals surface area contributed by atoms with Crippen molar-refractivity contribution in [2.24, 2.45) is 5.92 Å². The quantitative estimate of drug-likeness (QED) is 0.165. The van der Waals surface area contributed by atoms with Crippen molar-refractivity contribution in [2.75, 3.05) is 23.9 Å². The van der Waals surface area contributed by atoms with E-state index >= 15 is 0 Å². The maximum Gasteiger partial charge on any atom is 0.423 e. The molecule has 8 heteroatoms. The number of hydrogen-bond donors (Lipinski definition) is 1. The number of imide groups is 1. The number of nitrogens with one attached hydrogen (secondary N) is 1. The fourth-order valence-corrected chi connectivity index (χ4v) is 7.45. The Kier molecular flexibility index (Phi) is 7.83. The first-order valence-electron chi connectivity index (χ1n) is 16.0. The molecule has 2 saturated heterocycles. The molecule has 6 atom stereocenters. The van der Waals surface area contributed by atoms with Crippen LogP contribution >= 0.6 is 0 Å². The summed E-state index contributed by atoms with van der Waals surface area (Å²) in [7, 11) is 1.65. The predicted octanol–water partition coefficient (Wildman–Crippen LogP) is 8.24. The van der Waals surface area contributed by atoms with E-state index in [9.17, 15) is 9.59 Å². The Morgan fingerprint density at radius 3 is 2.30 bits per heavy atom. The maximum atomic E-state index is 14.3. The van der Waals surface area contributed by atoms with Gasteiger partial charge in [0.25, 0.3) is 0 Å². The minimum atomic E-state index is -0.768.